The average molecular weight is 364 g/mol. The fraction of sp³-hybridized carbons (Fsp3) is 0.105. The lowest BCUT2D eigenvalue weighted by molar-refractivity contribution is -0.132. The zero-order valence-corrected chi connectivity index (χ0v) is 14.2. The number of allylic oxidation sites excluding steroid dienone is 1. The van der Waals surface area contributed by atoms with Crippen molar-refractivity contribution in [2.45, 2.75) is 12.5 Å². The topological polar surface area (TPSA) is 95.9 Å². The number of aliphatic carboxylic acids is 1. The van der Waals surface area contributed by atoms with Gasteiger partial charge in [0.1, 0.15) is 27.7 Å². The lowest BCUT2D eigenvalue weighted by Gasteiger charge is -2.05. The molecular formula is C19H12N2O4S. The van der Waals surface area contributed by atoms with E-state index in [1.807, 2.05) is 23.6 Å². The van der Waals surface area contributed by atoms with Gasteiger partial charge in [-0.3, -0.25) is 4.99 Å². The van der Waals surface area contributed by atoms with Crippen molar-refractivity contribution in [3.63, 3.8) is 0 Å². The Morgan fingerprint density at radius 1 is 1.35 bits per heavy atom. The quantitative estimate of drug-likeness (QED) is 0.720. The van der Waals surface area contributed by atoms with Crippen molar-refractivity contribution in [3.05, 3.63) is 58.5 Å². The molecule has 2 aromatic heterocycles. The summed E-state index contributed by atoms with van der Waals surface area (Å²) in [6, 6.07) is 5.69. The van der Waals surface area contributed by atoms with Crippen LogP contribution < -0.4 is 0 Å². The number of aliphatic imine (C=N–C) groups is 1. The number of furan rings is 1. The van der Waals surface area contributed by atoms with Crippen molar-refractivity contribution in [2.75, 3.05) is 0 Å². The van der Waals surface area contributed by atoms with E-state index < -0.39 is 5.97 Å². The number of fused-ring (bicyclic) bond motifs is 5. The standard InChI is InChI=1S/C19H12N2O4S/c22-15-7-12-14(21-8-13(15)19(23)24)6-11-9-2-1-3-10(16(9)25-17(11)12)18-20-4-5-26-18/h1-5,7-8,14,22H,6H2,(H,23,24). The molecule has 26 heavy (non-hydrogen) atoms. The van der Waals surface area contributed by atoms with Gasteiger partial charge < -0.3 is 14.6 Å². The summed E-state index contributed by atoms with van der Waals surface area (Å²) in [5.74, 6) is -0.865. The number of thiazole rings is 1. The first-order chi connectivity index (χ1) is 12.6. The Labute approximate surface area is 151 Å². The number of carboxylic acid groups (broad SMARTS) is 1. The minimum atomic E-state index is -1.21. The molecule has 1 aromatic carbocycles. The number of para-hydroxylation sites is 1. The van der Waals surface area contributed by atoms with Gasteiger partial charge >= 0.3 is 5.97 Å². The van der Waals surface area contributed by atoms with Crippen molar-refractivity contribution >= 4 is 40.1 Å². The van der Waals surface area contributed by atoms with Crippen molar-refractivity contribution in [3.8, 4) is 10.6 Å². The van der Waals surface area contributed by atoms with Crippen LogP contribution in [0.25, 0.3) is 27.1 Å². The van der Waals surface area contributed by atoms with E-state index in [0.29, 0.717) is 17.8 Å². The molecule has 0 saturated carbocycles. The smallest absolute Gasteiger partial charge is 0.341 e. The number of aliphatic hydroxyl groups excluding tert-OH is 1. The molecule has 0 amide bonds. The first-order valence-corrected chi connectivity index (χ1v) is 8.87. The van der Waals surface area contributed by atoms with E-state index in [0.717, 1.165) is 27.1 Å². The van der Waals surface area contributed by atoms with E-state index in [1.54, 1.807) is 6.20 Å². The second kappa shape index (κ2) is 5.40. The molecule has 0 spiro atoms. The second-order valence-corrected chi connectivity index (χ2v) is 7.03. The highest BCUT2D eigenvalue weighted by atomic mass is 32.1. The van der Waals surface area contributed by atoms with E-state index in [4.69, 9.17) is 4.42 Å². The maximum Gasteiger partial charge on any atom is 0.341 e. The van der Waals surface area contributed by atoms with E-state index in [9.17, 15) is 15.0 Å². The molecule has 1 atom stereocenters. The largest absolute Gasteiger partial charge is 0.507 e. The summed E-state index contributed by atoms with van der Waals surface area (Å²) in [5, 5.41) is 23.1. The summed E-state index contributed by atoms with van der Waals surface area (Å²) < 4.78 is 6.18. The number of benzene rings is 1. The van der Waals surface area contributed by atoms with Gasteiger partial charge in [0.25, 0.3) is 0 Å². The molecular weight excluding hydrogens is 352 g/mol. The van der Waals surface area contributed by atoms with Gasteiger partial charge in [0.05, 0.1) is 11.6 Å². The monoisotopic (exact) mass is 364 g/mol. The Morgan fingerprint density at radius 3 is 3.00 bits per heavy atom. The minimum Gasteiger partial charge on any atom is -0.507 e. The van der Waals surface area contributed by atoms with Crippen LogP contribution in [0.3, 0.4) is 0 Å². The highest BCUT2D eigenvalue weighted by Gasteiger charge is 2.34. The van der Waals surface area contributed by atoms with Crippen LogP contribution >= 0.6 is 11.3 Å². The number of aliphatic hydroxyl groups is 1. The van der Waals surface area contributed by atoms with Crippen LogP contribution in [0.4, 0.5) is 0 Å². The molecule has 6 nitrogen and oxygen atoms in total. The lowest BCUT2D eigenvalue weighted by Crippen LogP contribution is -2.06. The predicted molar refractivity (Wildman–Crippen MR) is 98.6 cm³/mol. The molecule has 2 N–H and O–H groups in total. The fourth-order valence-corrected chi connectivity index (χ4v) is 4.16. The Hall–Kier alpha value is -3.19. The molecule has 0 fully saturated rings. The Bertz CT molecular complexity index is 1150. The number of hydrogen-bond donors (Lipinski definition) is 2. The zero-order valence-electron chi connectivity index (χ0n) is 13.3. The van der Waals surface area contributed by atoms with E-state index in [1.165, 1.54) is 23.6 Å². The summed E-state index contributed by atoms with van der Waals surface area (Å²) in [7, 11) is 0. The highest BCUT2D eigenvalue weighted by molar-refractivity contribution is 7.13. The van der Waals surface area contributed by atoms with Crippen LogP contribution in [0.2, 0.25) is 0 Å². The maximum absolute atomic E-state index is 11.2. The zero-order chi connectivity index (χ0) is 17.8. The minimum absolute atomic E-state index is 0.215. The van der Waals surface area contributed by atoms with Crippen molar-refractivity contribution in [1.29, 1.82) is 0 Å². The third-order valence-electron chi connectivity index (χ3n) is 4.68. The van der Waals surface area contributed by atoms with Gasteiger partial charge in [0.15, 0.2) is 0 Å². The highest BCUT2D eigenvalue weighted by Crippen LogP contribution is 2.44. The molecule has 2 aliphatic rings. The van der Waals surface area contributed by atoms with Crippen LogP contribution in [0.1, 0.15) is 11.3 Å². The number of carboxylic acids is 1. The SMILES string of the molecule is O=C(O)C1=C(O)C=C2c3oc4c(-c5nccs5)cccc4c3CC2N=C1. The van der Waals surface area contributed by atoms with Crippen molar-refractivity contribution in [1.82, 2.24) is 4.98 Å². The Morgan fingerprint density at radius 2 is 2.23 bits per heavy atom. The van der Waals surface area contributed by atoms with Crippen LogP contribution in [-0.4, -0.2) is 33.4 Å². The molecule has 0 saturated heterocycles. The average Bonchev–Trinajstić information content (AvgIpc) is 3.30. The molecule has 3 aromatic rings. The fourth-order valence-electron chi connectivity index (χ4n) is 3.50. The molecule has 3 heterocycles. The normalized spacial score (nSPS) is 18.6. The summed E-state index contributed by atoms with van der Waals surface area (Å²) >= 11 is 1.54. The third kappa shape index (κ3) is 2.07. The molecule has 0 radical (unpaired) electrons. The van der Waals surface area contributed by atoms with Gasteiger partial charge in [-0.15, -0.1) is 11.3 Å². The third-order valence-corrected chi connectivity index (χ3v) is 5.49. The molecule has 1 unspecified atom stereocenters. The first kappa shape index (κ1) is 15.1. The lowest BCUT2D eigenvalue weighted by atomic mass is 10.1. The van der Waals surface area contributed by atoms with Gasteiger partial charge in [-0.25, -0.2) is 9.78 Å². The van der Waals surface area contributed by atoms with E-state index >= 15 is 0 Å². The number of hydrogen-bond acceptors (Lipinski definition) is 6. The van der Waals surface area contributed by atoms with E-state index in [-0.39, 0.29) is 17.4 Å². The van der Waals surface area contributed by atoms with Gasteiger partial charge in [-0.05, 0) is 12.1 Å². The summed E-state index contributed by atoms with van der Waals surface area (Å²) in [5.41, 5.74) is 3.19. The summed E-state index contributed by atoms with van der Waals surface area (Å²) in [6.45, 7) is 0. The van der Waals surface area contributed by atoms with E-state index in [2.05, 4.69) is 9.98 Å². The first-order valence-electron chi connectivity index (χ1n) is 7.99. The molecule has 5 rings (SSSR count). The van der Waals surface area contributed by atoms with Crippen molar-refractivity contribution in [2.24, 2.45) is 4.99 Å². The van der Waals surface area contributed by atoms with Crippen LogP contribution in [-0.2, 0) is 11.2 Å². The van der Waals surface area contributed by atoms with Crippen molar-refractivity contribution < 1.29 is 19.4 Å². The van der Waals surface area contributed by atoms with Crippen LogP contribution in [0, 0.1) is 0 Å². The number of aromatic nitrogens is 1. The van der Waals surface area contributed by atoms with Crippen LogP contribution in [0.5, 0.6) is 0 Å². The van der Waals surface area contributed by atoms with Gasteiger partial charge in [0.2, 0.25) is 0 Å². The molecule has 1 aliphatic heterocycles. The maximum atomic E-state index is 11.2. The Balaban J connectivity index is 1.72. The molecule has 0 bridgehead atoms. The Kier molecular flexibility index (Phi) is 3.14. The summed E-state index contributed by atoms with van der Waals surface area (Å²) in [6.07, 6.45) is 5.04. The molecule has 7 heteroatoms. The number of rotatable bonds is 2. The van der Waals surface area contributed by atoms with Gasteiger partial charge in [0, 0.05) is 40.7 Å². The summed E-state index contributed by atoms with van der Waals surface area (Å²) in [4.78, 5) is 19.9. The molecule has 1 aliphatic carbocycles. The van der Waals surface area contributed by atoms with Gasteiger partial charge in [-0.1, -0.05) is 12.1 Å². The van der Waals surface area contributed by atoms with Crippen LogP contribution in [0.15, 0.2) is 56.6 Å². The molecule has 128 valence electrons. The predicted octanol–water partition coefficient (Wildman–Crippen LogP) is 3.85. The van der Waals surface area contributed by atoms with Gasteiger partial charge in [-0.2, -0.15) is 0 Å². The number of carbonyl (C=O) groups is 1. The second-order valence-electron chi connectivity index (χ2n) is 6.13. The number of nitrogens with zero attached hydrogens (tertiary/aromatic N) is 2.